The molecule has 0 aliphatic rings. The second kappa shape index (κ2) is 7.39. The van der Waals surface area contributed by atoms with Crippen molar-refractivity contribution < 1.29 is 13.2 Å². The number of ether oxygens (including phenoxy) is 1. The summed E-state index contributed by atoms with van der Waals surface area (Å²) in [6.07, 6.45) is 0. The van der Waals surface area contributed by atoms with Crippen molar-refractivity contribution in [2.24, 2.45) is 0 Å². The molecule has 2 aromatic carbocycles. The smallest absolute Gasteiger partial charge is 0.241 e. The van der Waals surface area contributed by atoms with E-state index in [9.17, 15) is 8.42 Å². The Hall–Kier alpha value is -2.15. The van der Waals surface area contributed by atoms with Crippen LogP contribution in [0, 0.1) is 6.92 Å². The second-order valence-electron chi connectivity index (χ2n) is 5.66. The zero-order valence-electron chi connectivity index (χ0n) is 14.0. The second-order valence-corrected chi connectivity index (χ2v) is 8.35. The van der Waals surface area contributed by atoms with Crippen LogP contribution in [0.15, 0.2) is 70.9 Å². The van der Waals surface area contributed by atoms with Crippen LogP contribution in [-0.2, 0) is 10.0 Å². The van der Waals surface area contributed by atoms with Crippen LogP contribution in [0.4, 0.5) is 0 Å². The maximum atomic E-state index is 12.8. The largest absolute Gasteiger partial charge is 0.497 e. The Labute approximate surface area is 152 Å². The first-order valence-electron chi connectivity index (χ1n) is 7.76. The summed E-state index contributed by atoms with van der Waals surface area (Å²) in [6, 6.07) is 17.7. The highest BCUT2D eigenvalue weighted by atomic mass is 32.2. The van der Waals surface area contributed by atoms with Crippen molar-refractivity contribution in [1.29, 1.82) is 0 Å². The lowest BCUT2D eigenvalue weighted by atomic mass is 10.0. The van der Waals surface area contributed by atoms with E-state index >= 15 is 0 Å². The molecule has 1 unspecified atom stereocenters. The highest BCUT2D eigenvalue weighted by Crippen LogP contribution is 2.28. The van der Waals surface area contributed by atoms with Gasteiger partial charge < -0.3 is 4.74 Å². The molecular weight excluding hydrogens is 354 g/mol. The van der Waals surface area contributed by atoms with E-state index in [0.29, 0.717) is 5.75 Å². The maximum Gasteiger partial charge on any atom is 0.241 e. The molecule has 0 aliphatic heterocycles. The van der Waals surface area contributed by atoms with Gasteiger partial charge in [0.2, 0.25) is 10.0 Å². The number of methoxy groups -OCH3 is 1. The van der Waals surface area contributed by atoms with Gasteiger partial charge in [0.05, 0.1) is 18.0 Å². The monoisotopic (exact) mass is 373 g/mol. The fraction of sp³-hybridized carbons (Fsp3) is 0.158. The SMILES string of the molecule is COc1ccc(S(=O)(=O)NC(c2ccc(C)cc2)c2cccs2)cc1. The fourth-order valence-electron chi connectivity index (χ4n) is 2.48. The predicted molar refractivity (Wildman–Crippen MR) is 101 cm³/mol. The number of nitrogens with one attached hydrogen (secondary N) is 1. The fourth-order valence-corrected chi connectivity index (χ4v) is 4.56. The van der Waals surface area contributed by atoms with Gasteiger partial charge >= 0.3 is 0 Å². The van der Waals surface area contributed by atoms with Crippen LogP contribution < -0.4 is 9.46 Å². The van der Waals surface area contributed by atoms with Crippen LogP contribution in [0.1, 0.15) is 22.0 Å². The Bertz CT molecular complexity index is 916. The quantitative estimate of drug-likeness (QED) is 0.707. The van der Waals surface area contributed by atoms with E-state index in [2.05, 4.69) is 4.72 Å². The number of aryl methyl sites for hydroxylation is 1. The zero-order chi connectivity index (χ0) is 17.9. The van der Waals surface area contributed by atoms with Gasteiger partial charge in [-0.05, 0) is 48.2 Å². The predicted octanol–water partition coefficient (Wildman–Crippen LogP) is 4.13. The molecule has 25 heavy (non-hydrogen) atoms. The third-order valence-electron chi connectivity index (χ3n) is 3.88. The lowest BCUT2D eigenvalue weighted by Crippen LogP contribution is -2.29. The van der Waals surface area contributed by atoms with Gasteiger partial charge in [0.1, 0.15) is 5.75 Å². The number of hydrogen-bond acceptors (Lipinski definition) is 4. The van der Waals surface area contributed by atoms with Crippen LogP contribution in [0.2, 0.25) is 0 Å². The molecule has 0 spiro atoms. The normalized spacial score (nSPS) is 12.7. The Kier molecular flexibility index (Phi) is 5.22. The molecule has 0 radical (unpaired) electrons. The number of thiophene rings is 1. The summed E-state index contributed by atoms with van der Waals surface area (Å²) < 4.78 is 33.6. The minimum absolute atomic E-state index is 0.210. The summed E-state index contributed by atoms with van der Waals surface area (Å²) in [5.41, 5.74) is 2.04. The number of benzene rings is 2. The van der Waals surface area contributed by atoms with Crippen molar-refractivity contribution in [2.45, 2.75) is 17.9 Å². The molecule has 0 bridgehead atoms. The molecule has 130 valence electrons. The van der Waals surface area contributed by atoms with Gasteiger partial charge in [-0.15, -0.1) is 11.3 Å². The van der Waals surface area contributed by atoms with Gasteiger partial charge in [0, 0.05) is 4.88 Å². The average molecular weight is 373 g/mol. The standard InChI is InChI=1S/C19H19NO3S2/c1-14-5-7-15(8-6-14)19(18-4-3-13-24-18)20-25(21,22)17-11-9-16(23-2)10-12-17/h3-13,19-20H,1-2H3. The summed E-state index contributed by atoms with van der Waals surface area (Å²) in [7, 11) is -2.12. The van der Waals surface area contributed by atoms with Gasteiger partial charge in [-0.3, -0.25) is 0 Å². The number of rotatable bonds is 6. The molecule has 4 nitrogen and oxygen atoms in total. The van der Waals surface area contributed by atoms with Crippen molar-refractivity contribution in [3.05, 3.63) is 82.0 Å². The first kappa shape index (κ1) is 17.7. The Balaban J connectivity index is 1.95. The molecule has 1 N–H and O–H groups in total. The van der Waals surface area contributed by atoms with E-state index in [4.69, 9.17) is 4.74 Å². The molecule has 3 aromatic rings. The van der Waals surface area contributed by atoms with Gasteiger partial charge in [0.15, 0.2) is 0 Å². The van der Waals surface area contributed by atoms with Gasteiger partial charge in [-0.25, -0.2) is 8.42 Å². The molecule has 1 heterocycles. The van der Waals surface area contributed by atoms with Crippen molar-refractivity contribution in [3.8, 4) is 5.75 Å². The zero-order valence-corrected chi connectivity index (χ0v) is 15.6. The maximum absolute atomic E-state index is 12.8. The van der Waals surface area contributed by atoms with Crippen LogP contribution in [0.25, 0.3) is 0 Å². The van der Waals surface area contributed by atoms with E-state index in [1.54, 1.807) is 31.4 Å². The topological polar surface area (TPSA) is 55.4 Å². The van der Waals surface area contributed by atoms with Gasteiger partial charge in [0.25, 0.3) is 0 Å². The van der Waals surface area contributed by atoms with Crippen molar-refractivity contribution >= 4 is 21.4 Å². The lowest BCUT2D eigenvalue weighted by molar-refractivity contribution is 0.414. The Morgan fingerprint density at radius 1 is 1.00 bits per heavy atom. The van der Waals surface area contributed by atoms with Crippen LogP contribution >= 0.6 is 11.3 Å². The molecule has 6 heteroatoms. The van der Waals surface area contributed by atoms with Crippen molar-refractivity contribution in [3.63, 3.8) is 0 Å². The first-order chi connectivity index (χ1) is 12.0. The van der Waals surface area contributed by atoms with E-state index < -0.39 is 16.1 Å². The first-order valence-corrected chi connectivity index (χ1v) is 10.1. The number of hydrogen-bond donors (Lipinski definition) is 1. The Morgan fingerprint density at radius 3 is 2.24 bits per heavy atom. The van der Waals surface area contributed by atoms with E-state index in [1.807, 2.05) is 48.7 Å². The Morgan fingerprint density at radius 2 is 1.68 bits per heavy atom. The molecule has 0 amide bonds. The van der Waals surface area contributed by atoms with Crippen molar-refractivity contribution in [2.75, 3.05) is 7.11 Å². The summed E-state index contributed by atoms with van der Waals surface area (Å²) in [5, 5.41) is 1.94. The van der Waals surface area contributed by atoms with Crippen LogP contribution in [0.3, 0.4) is 0 Å². The minimum Gasteiger partial charge on any atom is -0.497 e. The summed E-state index contributed by atoms with van der Waals surface area (Å²) in [6.45, 7) is 2.01. The van der Waals surface area contributed by atoms with Gasteiger partial charge in [-0.2, -0.15) is 4.72 Å². The lowest BCUT2D eigenvalue weighted by Gasteiger charge is -2.18. The molecule has 1 atom stereocenters. The minimum atomic E-state index is -3.67. The molecule has 0 saturated heterocycles. The van der Waals surface area contributed by atoms with E-state index in [-0.39, 0.29) is 4.90 Å². The molecular formula is C19H19NO3S2. The molecule has 0 fully saturated rings. The van der Waals surface area contributed by atoms with Crippen LogP contribution in [-0.4, -0.2) is 15.5 Å². The molecule has 0 aliphatic carbocycles. The molecule has 1 aromatic heterocycles. The molecule has 3 rings (SSSR count). The third kappa shape index (κ3) is 4.10. The number of sulfonamides is 1. The molecule has 0 saturated carbocycles. The van der Waals surface area contributed by atoms with Crippen LogP contribution in [0.5, 0.6) is 5.75 Å². The third-order valence-corrected chi connectivity index (χ3v) is 6.26. The highest BCUT2D eigenvalue weighted by Gasteiger charge is 2.23. The highest BCUT2D eigenvalue weighted by molar-refractivity contribution is 7.89. The van der Waals surface area contributed by atoms with Crippen molar-refractivity contribution in [1.82, 2.24) is 4.72 Å². The summed E-state index contributed by atoms with van der Waals surface area (Å²) in [5.74, 6) is 0.618. The van der Waals surface area contributed by atoms with E-state index in [1.165, 1.54) is 11.3 Å². The summed E-state index contributed by atoms with van der Waals surface area (Å²) in [4.78, 5) is 1.16. The van der Waals surface area contributed by atoms with E-state index in [0.717, 1.165) is 16.0 Å². The van der Waals surface area contributed by atoms with Gasteiger partial charge in [-0.1, -0.05) is 35.9 Å². The summed E-state index contributed by atoms with van der Waals surface area (Å²) >= 11 is 1.53. The average Bonchev–Trinajstić information content (AvgIpc) is 3.15.